The Morgan fingerprint density at radius 1 is 1.43 bits per heavy atom. The number of hydrogen-bond acceptors (Lipinski definition) is 4. The van der Waals surface area contributed by atoms with E-state index in [1.807, 2.05) is 11.4 Å². The van der Waals surface area contributed by atoms with Crippen molar-refractivity contribution < 1.29 is 4.79 Å². The van der Waals surface area contributed by atoms with Gasteiger partial charge in [-0.3, -0.25) is 0 Å². The molecule has 0 aliphatic heterocycles. The Hall–Kier alpha value is -1.40. The largest absolute Gasteiger partial charge is 0.338 e. The van der Waals surface area contributed by atoms with Gasteiger partial charge in [0.25, 0.3) is 0 Å². The van der Waals surface area contributed by atoms with Gasteiger partial charge in [0.2, 0.25) is 0 Å². The SMILES string of the molecule is C[C@H](CNC(=O)N[C@@H](c1nccs1)C1CC1)c1cccs1. The van der Waals surface area contributed by atoms with E-state index in [-0.39, 0.29) is 12.1 Å². The summed E-state index contributed by atoms with van der Waals surface area (Å²) in [7, 11) is 0. The lowest BCUT2D eigenvalue weighted by Crippen LogP contribution is -2.40. The minimum absolute atomic E-state index is 0.0713. The van der Waals surface area contributed by atoms with Crippen molar-refractivity contribution in [1.82, 2.24) is 15.6 Å². The van der Waals surface area contributed by atoms with Crippen LogP contribution in [-0.4, -0.2) is 17.6 Å². The fraction of sp³-hybridized carbons (Fsp3) is 0.467. The standard InChI is InChI=1S/C15H19N3OS2/c1-10(12-3-2-7-20-12)9-17-15(19)18-13(11-4-5-11)14-16-6-8-21-14/h2-3,6-8,10-11,13H,4-5,9H2,1H3,(H2,17,18,19)/t10-,13-/m1/s1. The molecule has 0 aromatic carbocycles. The Balaban J connectivity index is 1.51. The van der Waals surface area contributed by atoms with E-state index < -0.39 is 0 Å². The predicted octanol–water partition coefficient (Wildman–Crippen LogP) is 3.76. The normalized spacial score (nSPS) is 17.2. The average molecular weight is 321 g/mol. The summed E-state index contributed by atoms with van der Waals surface area (Å²) in [6.45, 7) is 2.78. The number of aromatic nitrogens is 1. The molecule has 2 amide bonds. The number of nitrogens with zero attached hydrogens (tertiary/aromatic N) is 1. The van der Waals surface area contributed by atoms with Gasteiger partial charge in [0.15, 0.2) is 0 Å². The van der Waals surface area contributed by atoms with E-state index in [2.05, 4.69) is 34.0 Å². The minimum atomic E-state index is -0.0921. The van der Waals surface area contributed by atoms with Gasteiger partial charge in [-0.2, -0.15) is 0 Å². The monoisotopic (exact) mass is 321 g/mol. The summed E-state index contributed by atoms with van der Waals surface area (Å²) in [4.78, 5) is 17.8. The second-order valence-electron chi connectivity index (χ2n) is 5.46. The number of carbonyl (C=O) groups excluding carboxylic acids is 1. The highest BCUT2D eigenvalue weighted by Crippen LogP contribution is 2.41. The third-order valence-electron chi connectivity index (χ3n) is 3.70. The molecule has 3 rings (SSSR count). The maximum Gasteiger partial charge on any atom is 0.315 e. The van der Waals surface area contributed by atoms with Crippen molar-refractivity contribution in [3.05, 3.63) is 39.0 Å². The zero-order chi connectivity index (χ0) is 14.7. The van der Waals surface area contributed by atoms with Crippen molar-refractivity contribution in [2.45, 2.75) is 31.7 Å². The van der Waals surface area contributed by atoms with Gasteiger partial charge in [-0.15, -0.1) is 22.7 Å². The lowest BCUT2D eigenvalue weighted by atomic mass is 10.1. The van der Waals surface area contributed by atoms with Gasteiger partial charge >= 0.3 is 6.03 Å². The van der Waals surface area contributed by atoms with Crippen LogP contribution in [0, 0.1) is 5.92 Å². The fourth-order valence-corrected chi connectivity index (χ4v) is 3.88. The zero-order valence-corrected chi connectivity index (χ0v) is 13.5. The van der Waals surface area contributed by atoms with E-state index in [1.54, 1.807) is 28.9 Å². The van der Waals surface area contributed by atoms with Crippen LogP contribution in [0.2, 0.25) is 0 Å². The Morgan fingerprint density at radius 3 is 2.90 bits per heavy atom. The molecule has 0 radical (unpaired) electrons. The third kappa shape index (κ3) is 3.83. The molecule has 1 saturated carbocycles. The number of carbonyl (C=O) groups is 1. The molecule has 0 unspecified atom stereocenters. The zero-order valence-electron chi connectivity index (χ0n) is 11.9. The summed E-state index contributed by atoms with van der Waals surface area (Å²) in [6.07, 6.45) is 4.15. The minimum Gasteiger partial charge on any atom is -0.338 e. The lowest BCUT2D eigenvalue weighted by molar-refractivity contribution is 0.235. The van der Waals surface area contributed by atoms with Crippen LogP contribution < -0.4 is 10.6 Å². The molecule has 1 fully saturated rings. The van der Waals surface area contributed by atoms with E-state index in [1.165, 1.54) is 17.7 Å². The number of amides is 2. The van der Waals surface area contributed by atoms with Crippen LogP contribution in [0.25, 0.3) is 0 Å². The quantitative estimate of drug-likeness (QED) is 0.851. The second kappa shape index (κ2) is 6.58. The summed E-state index contributed by atoms with van der Waals surface area (Å²) in [6, 6.07) is 4.13. The van der Waals surface area contributed by atoms with Gasteiger partial charge in [0.1, 0.15) is 5.01 Å². The van der Waals surface area contributed by atoms with Crippen molar-refractivity contribution in [3.63, 3.8) is 0 Å². The molecular weight excluding hydrogens is 302 g/mol. The summed E-state index contributed by atoms with van der Waals surface area (Å²) >= 11 is 3.34. The van der Waals surface area contributed by atoms with Crippen LogP contribution in [0.4, 0.5) is 4.79 Å². The highest BCUT2D eigenvalue weighted by Gasteiger charge is 2.34. The van der Waals surface area contributed by atoms with Gasteiger partial charge in [-0.1, -0.05) is 13.0 Å². The molecule has 21 heavy (non-hydrogen) atoms. The molecule has 2 heterocycles. The number of urea groups is 1. The lowest BCUT2D eigenvalue weighted by Gasteiger charge is -2.17. The average Bonchev–Trinajstić information content (AvgIpc) is 2.97. The molecule has 2 aromatic rings. The smallest absolute Gasteiger partial charge is 0.315 e. The second-order valence-corrected chi connectivity index (χ2v) is 7.36. The van der Waals surface area contributed by atoms with E-state index in [0.29, 0.717) is 18.4 Å². The maximum absolute atomic E-state index is 12.1. The Labute approximate surface area is 132 Å². The molecule has 0 spiro atoms. The van der Waals surface area contributed by atoms with Crippen LogP contribution in [0.3, 0.4) is 0 Å². The van der Waals surface area contributed by atoms with Crippen molar-refractivity contribution in [1.29, 1.82) is 0 Å². The van der Waals surface area contributed by atoms with Crippen LogP contribution in [0.15, 0.2) is 29.1 Å². The molecule has 1 aliphatic carbocycles. The topological polar surface area (TPSA) is 54.0 Å². The van der Waals surface area contributed by atoms with Crippen molar-refractivity contribution in [2.75, 3.05) is 6.54 Å². The number of nitrogens with one attached hydrogen (secondary N) is 2. The van der Waals surface area contributed by atoms with Gasteiger partial charge in [-0.05, 0) is 30.2 Å². The van der Waals surface area contributed by atoms with Crippen molar-refractivity contribution >= 4 is 28.7 Å². The third-order valence-corrected chi connectivity index (χ3v) is 5.66. The van der Waals surface area contributed by atoms with Crippen LogP contribution in [0.5, 0.6) is 0 Å². The van der Waals surface area contributed by atoms with Gasteiger partial charge in [-0.25, -0.2) is 9.78 Å². The van der Waals surface area contributed by atoms with Crippen LogP contribution >= 0.6 is 22.7 Å². The van der Waals surface area contributed by atoms with Crippen molar-refractivity contribution in [3.8, 4) is 0 Å². The maximum atomic E-state index is 12.1. The first kappa shape index (κ1) is 14.5. The molecule has 0 bridgehead atoms. The van der Waals surface area contributed by atoms with E-state index in [4.69, 9.17) is 0 Å². The fourth-order valence-electron chi connectivity index (χ4n) is 2.31. The van der Waals surface area contributed by atoms with Gasteiger partial charge in [0.05, 0.1) is 6.04 Å². The molecule has 2 N–H and O–H groups in total. The predicted molar refractivity (Wildman–Crippen MR) is 86.8 cm³/mol. The van der Waals surface area contributed by atoms with E-state index in [0.717, 1.165) is 5.01 Å². The Bertz CT molecular complexity index is 564. The van der Waals surface area contributed by atoms with Crippen LogP contribution in [0.1, 0.15) is 41.6 Å². The number of rotatable bonds is 6. The van der Waals surface area contributed by atoms with E-state index >= 15 is 0 Å². The highest BCUT2D eigenvalue weighted by atomic mass is 32.1. The Morgan fingerprint density at radius 2 is 2.29 bits per heavy atom. The Kier molecular flexibility index (Phi) is 4.55. The summed E-state index contributed by atoms with van der Waals surface area (Å²) in [5.74, 6) is 0.895. The molecule has 4 nitrogen and oxygen atoms in total. The van der Waals surface area contributed by atoms with E-state index in [9.17, 15) is 4.79 Å². The highest BCUT2D eigenvalue weighted by molar-refractivity contribution is 7.10. The first-order valence-electron chi connectivity index (χ1n) is 7.21. The molecule has 2 aromatic heterocycles. The van der Waals surface area contributed by atoms with Gasteiger partial charge < -0.3 is 10.6 Å². The summed E-state index contributed by atoms with van der Waals surface area (Å²) in [5.41, 5.74) is 0. The van der Waals surface area contributed by atoms with Gasteiger partial charge in [0, 0.05) is 28.9 Å². The molecule has 1 aliphatic rings. The number of thiophene rings is 1. The van der Waals surface area contributed by atoms with Crippen molar-refractivity contribution in [2.24, 2.45) is 5.92 Å². The molecular formula is C15H19N3OS2. The van der Waals surface area contributed by atoms with Crippen LogP contribution in [-0.2, 0) is 0 Å². The number of hydrogen-bond donors (Lipinski definition) is 2. The molecule has 0 saturated heterocycles. The molecule has 2 atom stereocenters. The molecule has 6 heteroatoms. The summed E-state index contributed by atoms with van der Waals surface area (Å²) < 4.78 is 0. The first-order chi connectivity index (χ1) is 10.2. The number of thiazole rings is 1. The first-order valence-corrected chi connectivity index (χ1v) is 8.97. The molecule has 112 valence electrons. The summed E-state index contributed by atoms with van der Waals surface area (Å²) in [5, 5.41) is 11.1.